The van der Waals surface area contributed by atoms with Gasteiger partial charge < -0.3 is 19.1 Å². The molecular weight excluding hydrogens is 426 g/mol. The van der Waals surface area contributed by atoms with Crippen LogP contribution in [0.3, 0.4) is 0 Å². The van der Waals surface area contributed by atoms with Crippen molar-refractivity contribution < 1.29 is 23.8 Å². The number of imide groups is 1. The van der Waals surface area contributed by atoms with Gasteiger partial charge in [-0.3, -0.25) is 14.5 Å². The quantitative estimate of drug-likeness (QED) is 0.359. The molecule has 1 aliphatic heterocycles. The zero-order chi connectivity index (χ0) is 23.5. The van der Waals surface area contributed by atoms with Crippen molar-refractivity contribution in [2.75, 3.05) is 45.9 Å². The number of carbonyl (C=O) groups is 2. The van der Waals surface area contributed by atoms with Gasteiger partial charge in [-0.15, -0.1) is 4.98 Å². The van der Waals surface area contributed by atoms with E-state index in [1.165, 1.54) is 0 Å². The summed E-state index contributed by atoms with van der Waals surface area (Å²) >= 11 is 0. The molecule has 0 radical (unpaired) electrons. The molecule has 0 N–H and O–H groups in total. The average Bonchev–Trinajstić information content (AvgIpc) is 2.82. The zero-order valence-corrected chi connectivity index (χ0v) is 18.6. The number of hydrogen-bond donors (Lipinski definition) is 0. The summed E-state index contributed by atoms with van der Waals surface area (Å²) in [5.74, 6) is 0.164. The van der Waals surface area contributed by atoms with Gasteiger partial charge >= 0.3 is 12.0 Å². The molecule has 0 saturated heterocycles. The van der Waals surface area contributed by atoms with Crippen molar-refractivity contribution in [2.24, 2.45) is 0 Å². The number of carbonyl (C=O) groups excluding carboxylic acids is 2. The molecule has 0 spiro atoms. The van der Waals surface area contributed by atoms with Crippen LogP contribution < -0.4 is 19.1 Å². The zero-order valence-electron chi connectivity index (χ0n) is 18.6. The fourth-order valence-electron chi connectivity index (χ4n) is 3.52. The van der Waals surface area contributed by atoms with Gasteiger partial charge in [-0.05, 0) is 18.2 Å². The van der Waals surface area contributed by atoms with Gasteiger partial charge in [0, 0.05) is 36.0 Å². The van der Waals surface area contributed by atoms with Crippen LogP contribution in [0.1, 0.15) is 20.7 Å². The highest BCUT2D eigenvalue weighted by molar-refractivity contribution is 6.26. The lowest BCUT2D eigenvalue weighted by molar-refractivity contribution is 0.0584. The average molecular weight is 449 g/mol. The molecule has 0 unspecified atom stereocenters. The minimum Gasteiger partial charge on any atom is -0.496 e. The molecule has 10 heteroatoms. The third-order valence-corrected chi connectivity index (χ3v) is 5.03. The van der Waals surface area contributed by atoms with Crippen molar-refractivity contribution in [3.8, 4) is 17.8 Å². The molecule has 0 atom stereocenters. The lowest BCUT2D eigenvalue weighted by Gasteiger charge is -2.27. The molecule has 2 amide bonds. The van der Waals surface area contributed by atoms with Crippen LogP contribution in [0.4, 0.5) is 5.95 Å². The van der Waals surface area contributed by atoms with E-state index in [4.69, 9.17) is 14.2 Å². The molecule has 0 saturated carbocycles. The van der Waals surface area contributed by atoms with Gasteiger partial charge in [-0.2, -0.15) is 9.97 Å². The Balaban J connectivity index is 1.54. The summed E-state index contributed by atoms with van der Waals surface area (Å²) in [6.45, 7) is 3.84. The summed E-state index contributed by atoms with van der Waals surface area (Å²) in [7, 11) is 5.10. The van der Waals surface area contributed by atoms with Crippen LogP contribution in [0.25, 0.3) is 10.8 Å². The van der Waals surface area contributed by atoms with Gasteiger partial charge in [0.1, 0.15) is 19.0 Å². The second-order valence-corrected chi connectivity index (χ2v) is 7.35. The summed E-state index contributed by atoms with van der Waals surface area (Å²) in [4.78, 5) is 41.6. The Morgan fingerprint density at radius 2 is 1.70 bits per heavy atom. The third-order valence-electron chi connectivity index (χ3n) is 5.03. The smallest absolute Gasteiger partial charge is 0.324 e. The fourth-order valence-corrected chi connectivity index (χ4v) is 3.52. The van der Waals surface area contributed by atoms with Crippen molar-refractivity contribution in [3.05, 3.63) is 54.1 Å². The molecule has 2 aromatic carbocycles. The molecule has 0 aliphatic carbocycles. The molecule has 0 fully saturated rings. The van der Waals surface area contributed by atoms with Crippen LogP contribution in [0.15, 0.2) is 43.0 Å². The lowest BCUT2D eigenvalue weighted by atomic mass is 9.93. The number of hydrogen-bond acceptors (Lipinski definition) is 9. The number of anilines is 1. The summed E-state index contributed by atoms with van der Waals surface area (Å²) in [6.07, 6.45) is 1.57. The van der Waals surface area contributed by atoms with Gasteiger partial charge in [0.25, 0.3) is 11.8 Å². The maximum atomic E-state index is 13.1. The fraction of sp³-hybridized carbons (Fsp3) is 0.261. The van der Waals surface area contributed by atoms with Crippen LogP contribution in [-0.2, 0) is 0 Å². The van der Waals surface area contributed by atoms with E-state index in [0.29, 0.717) is 28.2 Å². The van der Waals surface area contributed by atoms with Crippen molar-refractivity contribution in [1.29, 1.82) is 0 Å². The Labute approximate surface area is 190 Å². The Bertz CT molecular complexity index is 1220. The number of methoxy groups -OCH3 is 1. The highest BCUT2D eigenvalue weighted by Gasteiger charge is 2.33. The number of nitrogens with zero attached hydrogens (tertiary/aromatic N) is 5. The van der Waals surface area contributed by atoms with Gasteiger partial charge in [-0.25, -0.2) is 0 Å². The highest BCUT2D eigenvalue weighted by Crippen LogP contribution is 2.35. The maximum absolute atomic E-state index is 13.1. The lowest BCUT2D eigenvalue weighted by Crippen LogP contribution is -2.42. The monoisotopic (exact) mass is 449 g/mol. The molecule has 10 nitrogen and oxygen atoms in total. The minimum absolute atomic E-state index is 0.00325. The highest BCUT2D eigenvalue weighted by atomic mass is 16.5. The number of benzene rings is 2. The predicted octanol–water partition coefficient (Wildman–Crippen LogP) is 2.34. The van der Waals surface area contributed by atoms with Crippen molar-refractivity contribution in [1.82, 2.24) is 19.9 Å². The van der Waals surface area contributed by atoms with E-state index in [2.05, 4.69) is 21.5 Å². The van der Waals surface area contributed by atoms with Crippen molar-refractivity contribution in [2.45, 2.75) is 0 Å². The minimum atomic E-state index is -0.394. The Morgan fingerprint density at radius 1 is 1.00 bits per heavy atom. The molecule has 0 bridgehead atoms. The Kier molecular flexibility index (Phi) is 6.07. The summed E-state index contributed by atoms with van der Waals surface area (Å²) < 4.78 is 16.4. The SMILES string of the molecule is C=CCOc1nc(OCCN2C(=O)c3cccc4c(OC)ccc(c34)C2=O)nc(N(C)C)n1. The van der Waals surface area contributed by atoms with E-state index in [-0.39, 0.29) is 31.8 Å². The van der Waals surface area contributed by atoms with Gasteiger partial charge in [0.05, 0.1) is 13.7 Å². The van der Waals surface area contributed by atoms with E-state index < -0.39 is 11.8 Å². The van der Waals surface area contributed by atoms with Crippen LogP contribution >= 0.6 is 0 Å². The molecular formula is C23H23N5O5. The van der Waals surface area contributed by atoms with Crippen LogP contribution in [-0.4, -0.2) is 72.6 Å². The van der Waals surface area contributed by atoms with Crippen molar-refractivity contribution >= 4 is 28.5 Å². The topological polar surface area (TPSA) is 107 Å². The standard InChI is InChI=1S/C23H23N5O5/c1-5-12-32-22-24-21(27(2)3)25-23(26-22)33-13-11-28-19(29)15-8-6-7-14-17(31-4)10-9-16(18(14)15)20(28)30/h5-10H,1,11-13H2,2-4H3. The number of aromatic nitrogens is 3. The van der Waals surface area contributed by atoms with E-state index in [1.807, 2.05) is 6.07 Å². The van der Waals surface area contributed by atoms with E-state index in [1.54, 1.807) is 56.4 Å². The number of rotatable bonds is 9. The second-order valence-electron chi connectivity index (χ2n) is 7.35. The molecule has 170 valence electrons. The first kappa shape index (κ1) is 22.0. The van der Waals surface area contributed by atoms with Gasteiger partial charge in [-0.1, -0.05) is 24.8 Å². The Morgan fingerprint density at radius 3 is 2.36 bits per heavy atom. The van der Waals surface area contributed by atoms with E-state index in [9.17, 15) is 9.59 Å². The molecule has 4 rings (SSSR count). The van der Waals surface area contributed by atoms with E-state index in [0.717, 1.165) is 10.3 Å². The Hall–Kier alpha value is -4.21. The van der Waals surface area contributed by atoms with Gasteiger partial charge in [0.2, 0.25) is 5.95 Å². The third kappa shape index (κ3) is 4.14. The second kappa shape index (κ2) is 9.11. The first-order valence-electron chi connectivity index (χ1n) is 10.2. The largest absolute Gasteiger partial charge is 0.496 e. The van der Waals surface area contributed by atoms with Crippen molar-refractivity contribution in [3.63, 3.8) is 0 Å². The number of amides is 2. The maximum Gasteiger partial charge on any atom is 0.324 e. The predicted molar refractivity (Wildman–Crippen MR) is 121 cm³/mol. The van der Waals surface area contributed by atoms with Gasteiger partial charge in [0.15, 0.2) is 0 Å². The summed E-state index contributed by atoms with van der Waals surface area (Å²) in [5.41, 5.74) is 0.882. The first-order chi connectivity index (χ1) is 15.9. The van der Waals surface area contributed by atoms with Crippen LogP contribution in [0, 0.1) is 0 Å². The molecule has 2 heterocycles. The molecule has 33 heavy (non-hydrogen) atoms. The molecule has 1 aliphatic rings. The molecule has 3 aromatic rings. The van der Waals surface area contributed by atoms with Crippen LogP contribution in [0.2, 0.25) is 0 Å². The first-order valence-corrected chi connectivity index (χ1v) is 10.2. The number of ether oxygens (including phenoxy) is 3. The molecule has 1 aromatic heterocycles. The van der Waals surface area contributed by atoms with E-state index >= 15 is 0 Å². The summed E-state index contributed by atoms with van der Waals surface area (Å²) in [6, 6.07) is 8.81. The normalized spacial score (nSPS) is 12.6. The van der Waals surface area contributed by atoms with Crippen LogP contribution in [0.5, 0.6) is 17.8 Å². The summed E-state index contributed by atoms with van der Waals surface area (Å²) in [5, 5.41) is 1.32.